The Kier molecular flexibility index (Phi) is 4.66. The number of ether oxygens (including phenoxy) is 1. The summed E-state index contributed by atoms with van der Waals surface area (Å²) >= 11 is 3.40. The topological polar surface area (TPSA) is 60.3 Å². The number of benzene rings is 2. The molecule has 3 aromatic rings. The van der Waals surface area contributed by atoms with E-state index in [1.165, 1.54) is 7.11 Å². The Morgan fingerprint density at radius 2 is 1.83 bits per heavy atom. The number of halogens is 1. The summed E-state index contributed by atoms with van der Waals surface area (Å²) in [7, 11) is 1.34. The molecule has 1 aromatic heterocycles. The van der Waals surface area contributed by atoms with E-state index in [1.54, 1.807) is 10.8 Å². The van der Waals surface area contributed by atoms with Gasteiger partial charge in [0.05, 0.1) is 18.4 Å². The molecule has 6 heteroatoms. The number of nitrogens with zero attached hydrogens (tertiary/aromatic N) is 1. The van der Waals surface area contributed by atoms with Crippen molar-refractivity contribution in [2.75, 3.05) is 12.4 Å². The molecule has 2 aromatic carbocycles. The van der Waals surface area contributed by atoms with Crippen molar-refractivity contribution in [3.8, 4) is 0 Å². The molecule has 3 rings (SSSR count). The van der Waals surface area contributed by atoms with Crippen molar-refractivity contribution in [3.63, 3.8) is 0 Å². The van der Waals surface area contributed by atoms with Crippen molar-refractivity contribution in [3.05, 3.63) is 64.8 Å². The zero-order chi connectivity index (χ0) is 17.1. The van der Waals surface area contributed by atoms with Gasteiger partial charge in [0.1, 0.15) is 6.54 Å². The van der Waals surface area contributed by atoms with E-state index in [0.717, 1.165) is 15.4 Å². The molecule has 24 heavy (non-hydrogen) atoms. The molecule has 1 N–H and O–H groups in total. The quantitative estimate of drug-likeness (QED) is 0.693. The number of para-hydroxylation sites is 2. The zero-order valence-corrected chi connectivity index (χ0v) is 14.5. The second-order valence-corrected chi connectivity index (χ2v) is 6.06. The van der Waals surface area contributed by atoms with Crippen LogP contribution in [-0.2, 0) is 16.1 Å². The minimum absolute atomic E-state index is 0.0961. The maximum absolute atomic E-state index is 12.4. The Morgan fingerprint density at radius 1 is 1.12 bits per heavy atom. The van der Waals surface area contributed by atoms with E-state index in [1.807, 2.05) is 48.5 Å². The van der Waals surface area contributed by atoms with E-state index in [0.29, 0.717) is 11.3 Å². The van der Waals surface area contributed by atoms with Crippen LogP contribution in [0.3, 0.4) is 0 Å². The lowest BCUT2D eigenvalue weighted by Crippen LogP contribution is -2.18. The number of carbonyl (C=O) groups is 2. The van der Waals surface area contributed by atoms with Gasteiger partial charge in [-0.15, -0.1) is 0 Å². The Bertz CT molecular complexity index is 918. The molecule has 1 heterocycles. The fourth-order valence-electron chi connectivity index (χ4n) is 2.56. The van der Waals surface area contributed by atoms with Gasteiger partial charge in [0, 0.05) is 21.6 Å². The molecular formula is C18H15BrN2O3. The molecule has 0 fully saturated rings. The van der Waals surface area contributed by atoms with Crippen LogP contribution in [0.1, 0.15) is 10.4 Å². The zero-order valence-electron chi connectivity index (χ0n) is 13.0. The van der Waals surface area contributed by atoms with Crippen LogP contribution in [0.15, 0.2) is 59.2 Å². The number of hydrogen-bond donors (Lipinski definition) is 1. The Morgan fingerprint density at radius 3 is 2.58 bits per heavy atom. The predicted molar refractivity (Wildman–Crippen MR) is 96.0 cm³/mol. The molecule has 0 radical (unpaired) electrons. The van der Waals surface area contributed by atoms with Gasteiger partial charge in [-0.1, -0.05) is 30.3 Å². The molecule has 1 amide bonds. The van der Waals surface area contributed by atoms with Gasteiger partial charge >= 0.3 is 5.97 Å². The maximum Gasteiger partial charge on any atom is 0.340 e. The molecule has 5 nitrogen and oxygen atoms in total. The Labute approximate surface area is 147 Å². The van der Waals surface area contributed by atoms with E-state index < -0.39 is 5.97 Å². The van der Waals surface area contributed by atoms with Crippen molar-refractivity contribution >= 4 is 44.4 Å². The lowest BCUT2D eigenvalue weighted by Gasteiger charge is -2.08. The molecule has 0 aliphatic carbocycles. The average molecular weight is 387 g/mol. The highest BCUT2D eigenvalue weighted by atomic mass is 79.9. The summed E-state index contributed by atoms with van der Waals surface area (Å²) in [4.78, 5) is 24.3. The standard InChI is InChI=1S/C18H15BrN2O3/c1-24-18(23)13-10-21(16-9-5-2-6-12(13)16)11-17(22)20-15-8-4-3-7-14(15)19/h2-10H,11H2,1H3,(H,20,22). The van der Waals surface area contributed by atoms with Crippen LogP contribution in [0.5, 0.6) is 0 Å². The van der Waals surface area contributed by atoms with E-state index in [9.17, 15) is 9.59 Å². The van der Waals surface area contributed by atoms with Crippen LogP contribution in [-0.4, -0.2) is 23.6 Å². The van der Waals surface area contributed by atoms with Crippen molar-refractivity contribution in [1.82, 2.24) is 4.57 Å². The third kappa shape index (κ3) is 3.19. The van der Waals surface area contributed by atoms with Gasteiger partial charge < -0.3 is 14.6 Å². The molecule has 122 valence electrons. The predicted octanol–water partition coefficient (Wildman–Crippen LogP) is 3.83. The molecule has 0 bridgehead atoms. The largest absolute Gasteiger partial charge is 0.465 e. The van der Waals surface area contributed by atoms with Gasteiger partial charge in [0.2, 0.25) is 5.91 Å². The van der Waals surface area contributed by atoms with Gasteiger partial charge in [0.25, 0.3) is 0 Å². The first-order valence-corrected chi connectivity index (χ1v) is 8.10. The van der Waals surface area contributed by atoms with E-state index in [-0.39, 0.29) is 12.5 Å². The fourth-order valence-corrected chi connectivity index (χ4v) is 2.94. The molecule has 0 spiro atoms. The molecule has 0 saturated carbocycles. The van der Waals surface area contributed by atoms with Gasteiger partial charge in [-0.3, -0.25) is 4.79 Å². The Balaban J connectivity index is 1.89. The summed E-state index contributed by atoms with van der Waals surface area (Å²) in [5.41, 5.74) is 1.95. The number of anilines is 1. The molecule has 0 saturated heterocycles. The number of hydrogen-bond acceptors (Lipinski definition) is 3. The summed E-state index contributed by atoms with van der Waals surface area (Å²) in [6.07, 6.45) is 1.65. The van der Waals surface area contributed by atoms with E-state index >= 15 is 0 Å². The first kappa shape index (κ1) is 16.3. The first-order chi connectivity index (χ1) is 11.6. The van der Waals surface area contributed by atoms with Crippen molar-refractivity contribution in [2.24, 2.45) is 0 Å². The van der Waals surface area contributed by atoms with Crippen LogP contribution in [0.25, 0.3) is 10.9 Å². The smallest absolute Gasteiger partial charge is 0.340 e. The number of amides is 1. The van der Waals surface area contributed by atoms with E-state index in [4.69, 9.17) is 4.74 Å². The van der Waals surface area contributed by atoms with E-state index in [2.05, 4.69) is 21.2 Å². The number of fused-ring (bicyclic) bond motifs is 1. The van der Waals surface area contributed by atoms with Crippen molar-refractivity contribution < 1.29 is 14.3 Å². The highest BCUT2D eigenvalue weighted by Crippen LogP contribution is 2.23. The van der Waals surface area contributed by atoms with Gasteiger partial charge in [-0.05, 0) is 34.1 Å². The Hall–Kier alpha value is -2.60. The van der Waals surface area contributed by atoms with Gasteiger partial charge in [0.15, 0.2) is 0 Å². The SMILES string of the molecule is COC(=O)c1cn(CC(=O)Nc2ccccc2Br)c2ccccc12. The minimum atomic E-state index is -0.420. The number of esters is 1. The molecule has 0 unspecified atom stereocenters. The van der Waals surface area contributed by atoms with Crippen LogP contribution in [0, 0.1) is 0 Å². The number of carbonyl (C=O) groups excluding carboxylic acids is 2. The normalized spacial score (nSPS) is 10.6. The lowest BCUT2D eigenvalue weighted by molar-refractivity contribution is -0.116. The average Bonchev–Trinajstić information content (AvgIpc) is 2.95. The van der Waals surface area contributed by atoms with Gasteiger partial charge in [-0.25, -0.2) is 4.79 Å². The highest BCUT2D eigenvalue weighted by Gasteiger charge is 2.16. The third-order valence-corrected chi connectivity index (χ3v) is 4.35. The highest BCUT2D eigenvalue weighted by molar-refractivity contribution is 9.10. The number of aromatic nitrogens is 1. The van der Waals surface area contributed by atoms with Crippen LogP contribution >= 0.6 is 15.9 Å². The summed E-state index contributed by atoms with van der Waals surface area (Å²) in [6, 6.07) is 14.8. The summed E-state index contributed by atoms with van der Waals surface area (Å²) in [5, 5.41) is 3.62. The minimum Gasteiger partial charge on any atom is -0.465 e. The number of rotatable bonds is 4. The molecular weight excluding hydrogens is 372 g/mol. The van der Waals surface area contributed by atoms with Crippen LogP contribution in [0.4, 0.5) is 5.69 Å². The maximum atomic E-state index is 12.4. The third-order valence-electron chi connectivity index (χ3n) is 3.66. The molecule has 0 aliphatic rings. The second-order valence-electron chi connectivity index (χ2n) is 5.21. The monoisotopic (exact) mass is 386 g/mol. The molecule has 0 atom stereocenters. The van der Waals surface area contributed by atoms with Crippen LogP contribution in [0.2, 0.25) is 0 Å². The fraction of sp³-hybridized carbons (Fsp3) is 0.111. The first-order valence-electron chi connectivity index (χ1n) is 7.30. The number of methoxy groups -OCH3 is 1. The van der Waals surface area contributed by atoms with Crippen LogP contribution < -0.4 is 5.32 Å². The summed E-state index contributed by atoms with van der Waals surface area (Å²) in [5.74, 6) is -0.602. The second kappa shape index (κ2) is 6.88. The van der Waals surface area contributed by atoms with Crippen molar-refractivity contribution in [2.45, 2.75) is 6.54 Å². The lowest BCUT2D eigenvalue weighted by atomic mass is 10.2. The summed E-state index contributed by atoms with van der Waals surface area (Å²) < 4.78 is 7.37. The summed E-state index contributed by atoms with van der Waals surface area (Å²) in [6.45, 7) is 0.0961. The molecule has 0 aliphatic heterocycles. The van der Waals surface area contributed by atoms with Gasteiger partial charge in [-0.2, -0.15) is 0 Å². The van der Waals surface area contributed by atoms with Crippen molar-refractivity contribution in [1.29, 1.82) is 0 Å². The number of nitrogens with one attached hydrogen (secondary N) is 1.